The number of alkyl halides is 6. The van der Waals surface area contributed by atoms with Gasteiger partial charge in [-0.25, -0.2) is 47.9 Å². The highest BCUT2D eigenvalue weighted by atomic mass is 32.2. The van der Waals surface area contributed by atoms with Crippen molar-refractivity contribution in [3.63, 3.8) is 0 Å². The number of cyclic esters (lactones) is 2. The summed E-state index contributed by atoms with van der Waals surface area (Å²) in [5, 5.41) is 13.5. The Labute approximate surface area is 880 Å². The Morgan fingerprint density at radius 3 is 1.31 bits per heavy atom. The van der Waals surface area contributed by atoms with E-state index < -0.39 is 61.1 Å². The van der Waals surface area contributed by atoms with E-state index in [-0.39, 0.29) is 171 Å². The second kappa shape index (κ2) is 54.3. The first-order valence-electron chi connectivity index (χ1n) is 51.6. The number of aliphatic hydroxyl groups is 1. The summed E-state index contributed by atoms with van der Waals surface area (Å²) in [4.78, 5) is 139. The number of nitrogens with zero attached hydrogens (tertiary/aromatic N) is 1. The molecule has 0 amide bonds. The second-order valence-corrected chi connectivity index (χ2v) is 45.0. The van der Waals surface area contributed by atoms with Gasteiger partial charge in [-0.2, -0.15) is 26.3 Å². The van der Waals surface area contributed by atoms with E-state index in [2.05, 4.69) is 184 Å². The zero-order valence-corrected chi connectivity index (χ0v) is 89.7. The van der Waals surface area contributed by atoms with Gasteiger partial charge in [-0.15, -0.1) is 6.54 Å². The number of carbonyl (C=O) groups is 12. The molecule has 27 nitrogen and oxygen atoms in total. The summed E-state index contributed by atoms with van der Waals surface area (Å²) < 4.78 is 135. The third kappa shape index (κ3) is 34.1. The Bertz CT molecular complexity index is 5210. The fraction of sp³-hybridized carbons (Fsp3) is 0.586. The van der Waals surface area contributed by atoms with Gasteiger partial charge in [0.05, 0.1) is 54.3 Å². The molecule has 3 aliphatic heterocycles. The largest absolute Gasteiger partial charge is 0.652 e. The van der Waals surface area contributed by atoms with Crippen LogP contribution in [0.15, 0.2) is 215 Å². The van der Waals surface area contributed by atoms with Gasteiger partial charge in [0, 0.05) is 93.3 Å². The van der Waals surface area contributed by atoms with Crippen LogP contribution in [0.25, 0.3) is 5.32 Å². The molecule has 14 unspecified atom stereocenters. The van der Waals surface area contributed by atoms with Gasteiger partial charge in [0.15, 0.2) is 21.3 Å². The predicted octanol–water partition coefficient (Wildman–Crippen LogP) is 21.5. The number of benzene rings is 3. The van der Waals surface area contributed by atoms with Gasteiger partial charge in [0.2, 0.25) is 6.10 Å². The average molecular weight is 2120 g/mol. The summed E-state index contributed by atoms with van der Waals surface area (Å²) >= 11 is 0. The van der Waals surface area contributed by atoms with Crippen molar-refractivity contribution in [2.24, 2.45) is 82.9 Å². The highest BCUT2D eigenvalue weighted by Crippen LogP contribution is 2.62. The van der Waals surface area contributed by atoms with Crippen LogP contribution in [-0.4, -0.2) is 195 Å². The topological polar surface area (TPSA) is 359 Å². The predicted molar refractivity (Wildman–Crippen MR) is 548 cm³/mol. The summed E-state index contributed by atoms with van der Waals surface area (Å²) in [6.45, 7) is 49.7. The molecule has 1 N–H and O–H groups in total. The summed E-state index contributed by atoms with van der Waals surface area (Å²) in [6, 6.07) is 32.2. The smallest absolute Gasteiger partial charge is 0.422 e. The fourth-order valence-electron chi connectivity index (χ4n) is 23.2. The Balaban J connectivity index is 0.000000186. The lowest BCUT2D eigenvalue weighted by molar-refractivity contribution is -0.199. The van der Waals surface area contributed by atoms with E-state index in [4.69, 9.17) is 47.4 Å². The van der Waals surface area contributed by atoms with Gasteiger partial charge < -0.3 is 72.0 Å². The van der Waals surface area contributed by atoms with E-state index in [1.807, 2.05) is 6.92 Å². The molecule has 0 radical (unpaired) electrons. The van der Waals surface area contributed by atoms with Crippen LogP contribution in [0.5, 0.6) is 0 Å². The average Bonchev–Trinajstić information content (AvgIpc) is 1.62. The maximum absolute atomic E-state index is 11.8. The first kappa shape index (κ1) is 122. The molecular weight excluding hydrogens is 1970 g/mol. The van der Waals surface area contributed by atoms with Crippen LogP contribution in [0.1, 0.15) is 231 Å². The molecule has 3 aromatic rings. The van der Waals surface area contributed by atoms with Gasteiger partial charge >= 0.3 is 84.0 Å². The Kier molecular flexibility index (Phi) is 44.3. The molecule has 3 heterocycles. The lowest BCUT2D eigenvalue weighted by atomic mass is 9.50. The van der Waals surface area contributed by atoms with Crippen molar-refractivity contribution >= 4 is 82.5 Å². The van der Waals surface area contributed by atoms with E-state index in [0.29, 0.717) is 88.6 Å². The molecule has 20 rings (SSSR count). The molecule has 17 fully saturated rings. The number of fused-ring (bicyclic) bond motifs is 6. The lowest BCUT2D eigenvalue weighted by Gasteiger charge is -2.59. The Morgan fingerprint density at radius 1 is 0.440 bits per heavy atom. The van der Waals surface area contributed by atoms with E-state index in [9.17, 15) is 89.0 Å². The van der Waals surface area contributed by atoms with Crippen LogP contribution in [0.4, 0.5) is 26.3 Å². The minimum absolute atomic E-state index is 0.0146. The standard InChI is InChI=1S/C18H15S.C15H22O2.C14H18O5.C14H20O3.C12H14O4.C11H18O2.C10H16O2.C8H11F3NO2.C8H10O4.C6H7F3O2/c1-4-10-16(11-5-1)19(17-12-6-2-7-13-17)18-14-8-3-9-15-18;1-9(2)14(16)17-15(3)12-5-10-4-11(7-12)8-13(15)6-10;1-6(2)13(15)19-12-7-4-8(11(12)17-3)10-9(7)5-18-14(10)16;1-8(2)13(15)17-12-10-3-9-4-11(12)7-14(16,5-9)6-10;1-5(2)11(13)15-9-6-3-7-8(4-6)12(14)16-10(7)9;1-4-11(7-5-6-8-11)13-10(12)9(2)3;1-8(2)9(11)12-10(3)6-4-5-7-10;1-6(2)7(13)14-4-3-12-5-8(9,10)11;1-5(2)7(9)12-6-3-4-11-8(6)10;1-4(2)5(10)11-3-6(7,8)9/h1-15H;10-13H,1,4-8H2,2-3H3;7-12H,1,4-5H2,2-3H3;9-12,16H,1,3-7H2,2H3;6-10H,1,3-4H2,2H3;2,4-8H2,1,3H3;1,4-7H2,2-3H3;1,3-5H2,2H3;6H,1,3-4H2,2H3;1,3H2,2H3/q+1;;;;;;;-1;;. The molecule has 824 valence electrons. The molecule has 14 saturated carbocycles. The maximum atomic E-state index is 11.8. The van der Waals surface area contributed by atoms with Crippen LogP contribution in [0.3, 0.4) is 0 Å². The maximum Gasteiger partial charge on any atom is 0.422 e. The van der Waals surface area contributed by atoms with E-state index in [1.54, 1.807) is 48.7 Å². The number of halogens is 6. The van der Waals surface area contributed by atoms with Crippen molar-refractivity contribution in [2.75, 3.05) is 46.6 Å². The summed E-state index contributed by atoms with van der Waals surface area (Å²) in [5.74, 6) is 0.831. The minimum atomic E-state index is -4.47. The molecule has 17 aliphatic rings. The SMILES string of the molecule is C=C(C)C(=O)OC1(C)C2CC3CC(C2)CC1C3.C=C(C)C(=O)OC1(C)CCCC1.C=C(C)C(=O)OC1(CC)CCCC1.C=C(C)C(=O)OC1C2CC(C1OC)C1C(=O)OCC21.C=C(C)C(=O)OC1C2CC3C(=O)OC1C3C2.C=C(C)C(=O)OC1C2CC3CC1CC(O)(C3)C2.C=C(C)C(=O)OC1CCOC1=O.C=C(C)C(=O)OCC(F)(F)F.C=C(C)C(=O)OCC[N-]CC(F)(F)F.c1ccc([S+](c2ccccc2)c2ccccc2)cc1. The number of rotatable bonds is 26. The van der Waals surface area contributed by atoms with Crippen molar-refractivity contribution in [1.29, 1.82) is 0 Å². The van der Waals surface area contributed by atoms with Crippen LogP contribution >= 0.6 is 0 Å². The van der Waals surface area contributed by atoms with Crippen molar-refractivity contribution in [3.8, 4) is 0 Å². The quantitative estimate of drug-likeness (QED) is 0.0195. The number of ether oxygens (including phenoxy) is 13. The molecule has 0 spiro atoms. The zero-order valence-electron chi connectivity index (χ0n) is 88.9. The molecule has 3 saturated heterocycles. The summed E-state index contributed by atoms with van der Waals surface area (Å²) in [7, 11) is 1.58. The molecule has 14 atom stereocenters. The van der Waals surface area contributed by atoms with Gasteiger partial charge in [-0.3, -0.25) is 9.59 Å². The molecule has 14 aliphatic carbocycles. The van der Waals surface area contributed by atoms with Gasteiger partial charge in [-0.05, 0) is 295 Å². The normalized spacial score (nSPS) is 29.0. The van der Waals surface area contributed by atoms with Crippen LogP contribution in [0, 0.1) is 82.9 Å². The Morgan fingerprint density at radius 2 is 0.880 bits per heavy atom. The molecule has 0 aromatic heterocycles. The first-order valence-corrected chi connectivity index (χ1v) is 52.9. The van der Waals surface area contributed by atoms with Crippen molar-refractivity contribution in [2.45, 2.75) is 317 Å². The van der Waals surface area contributed by atoms with Crippen molar-refractivity contribution in [1.82, 2.24) is 0 Å². The fourth-order valence-corrected chi connectivity index (χ4v) is 25.3. The Hall–Kier alpha value is -11.2. The van der Waals surface area contributed by atoms with Crippen LogP contribution < -0.4 is 0 Å². The van der Waals surface area contributed by atoms with E-state index >= 15 is 0 Å². The van der Waals surface area contributed by atoms with E-state index in [1.165, 1.54) is 93.2 Å². The second-order valence-electron chi connectivity index (χ2n) is 43.0. The first-order chi connectivity index (χ1) is 70.4. The molecule has 12 bridgehead atoms. The lowest BCUT2D eigenvalue weighted by Crippen LogP contribution is -2.58. The number of hydrogen-bond acceptors (Lipinski definition) is 26. The van der Waals surface area contributed by atoms with Gasteiger partial charge in [-0.1, -0.05) is 127 Å². The van der Waals surface area contributed by atoms with Crippen molar-refractivity contribution in [3.05, 3.63) is 206 Å². The minimum Gasteiger partial charge on any atom is -0.652 e. The number of hydrogen-bond donors (Lipinski definition) is 1. The third-order valence-corrected chi connectivity index (χ3v) is 32.6. The highest BCUT2D eigenvalue weighted by molar-refractivity contribution is 7.97. The third-order valence-electron chi connectivity index (χ3n) is 30.3. The highest BCUT2D eigenvalue weighted by Gasteiger charge is 2.67. The summed E-state index contributed by atoms with van der Waals surface area (Å²) in [6.07, 6.45) is 13.7. The number of esters is 12. The van der Waals surface area contributed by atoms with Gasteiger partial charge in [0.1, 0.15) is 41.2 Å². The van der Waals surface area contributed by atoms with Crippen LogP contribution in [0.2, 0.25) is 0 Å². The molecule has 3 aromatic carbocycles. The van der Waals surface area contributed by atoms with E-state index in [0.717, 1.165) is 95.3 Å². The molecular formula is C116H151F6NO26S. The van der Waals surface area contributed by atoms with Crippen LogP contribution in [-0.2, 0) is 130 Å². The molecule has 34 heteroatoms. The zero-order chi connectivity index (χ0) is 111. The molecule has 150 heavy (non-hydrogen) atoms. The summed E-state index contributed by atoms with van der Waals surface area (Å²) in [5.41, 5.74) is 2.17. The number of carbonyl (C=O) groups excluding carboxylic acids is 12. The number of methoxy groups -OCH3 is 1. The monoisotopic (exact) mass is 2120 g/mol. The van der Waals surface area contributed by atoms with Crippen molar-refractivity contribution < 1.29 is 151 Å². The van der Waals surface area contributed by atoms with Gasteiger partial charge in [0.25, 0.3) is 0 Å².